The molecule has 196 valence electrons. The lowest BCUT2D eigenvalue weighted by Gasteiger charge is -2.28. The third kappa shape index (κ3) is 7.44. The van der Waals surface area contributed by atoms with E-state index in [9.17, 15) is 27.6 Å². The second-order valence-corrected chi connectivity index (χ2v) is 8.55. The molecule has 0 bridgehead atoms. The minimum Gasteiger partial charge on any atom is -0.478 e. The number of hydrogen-bond acceptors (Lipinski definition) is 8. The lowest BCUT2D eigenvalue weighted by molar-refractivity contribution is -0.134. The molecule has 0 saturated carbocycles. The molecule has 0 aliphatic carbocycles. The first-order valence-electron chi connectivity index (χ1n) is 10.7. The largest absolute Gasteiger partial charge is 0.478 e. The van der Waals surface area contributed by atoms with Crippen LogP contribution in [0.4, 0.5) is 13.2 Å². The number of benzene rings is 1. The number of nitrogens with zero attached hydrogens (tertiary/aromatic N) is 5. The van der Waals surface area contributed by atoms with Gasteiger partial charge in [-0.25, -0.2) is 32.4 Å². The molecule has 1 aromatic carbocycles. The zero-order chi connectivity index (χ0) is 27.1. The van der Waals surface area contributed by atoms with Crippen molar-refractivity contribution in [1.82, 2.24) is 24.9 Å². The van der Waals surface area contributed by atoms with Crippen LogP contribution in [0.15, 0.2) is 35.2 Å². The summed E-state index contributed by atoms with van der Waals surface area (Å²) in [5.74, 6) is -6.01. The standard InChI is InChI=1S/C18H17F3N6OS.C4H4O4/c19-12-6-14(21)13(20)4-10(12)3-11(22)5-17(28)26-1-2-27-16(7-26)18(24-25-27)15-8-29-9-23-15;5-3(6)1-2-4(7)8/h4,6,8-9,11H,1-3,5,7,22H2;1-2H,(H,5,6)(H,7,8)/b;2-1+/t11-;/m1./s1. The second-order valence-electron chi connectivity index (χ2n) is 7.83. The van der Waals surface area contributed by atoms with E-state index in [1.165, 1.54) is 11.3 Å². The van der Waals surface area contributed by atoms with Crippen molar-refractivity contribution in [2.24, 2.45) is 5.73 Å². The number of aromatic nitrogens is 4. The molecule has 0 radical (unpaired) electrons. The van der Waals surface area contributed by atoms with Crippen molar-refractivity contribution in [3.05, 3.63) is 63.9 Å². The van der Waals surface area contributed by atoms with E-state index in [1.807, 2.05) is 5.38 Å². The summed E-state index contributed by atoms with van der Waals surface area (Å²) in [5.41, 5.74) is 9.75. The summed E-state index contributed by atoms with van der Waals surface area (Å²) < 4.78 is 42.0. The van der Waals surface area contributed by atoms with Gasteiger partial charge in [0, 0.05) is 42.6 Å². The van der Waals surface area contributed by atoms with Crippen molar-refractivity contribution < 1.29 is 37.8 Å². The molecule has 1 aliphatic rings. The Bertz CT molecular complexity index is 1300. The Kier molecular flexibility index (Phi) is 9.08. The first-order valence-corrected chi connectivity index (χ1v) is 11.6. The van der Waals surface area contributed by atoms with Crippen molar-refractivity contribution in [2.75, 3.05) is 6.54 Å². The van der Waals surface area contributed by atoms with Crippen LogP contribution in [-0.4, -0.2) is 65.5 Å². The highest BCUT2D eigenvalue weighted by atomic mass is 32.1. The van der Waals surface area contributed by atoms with Crippen LogP contribution in [0.1, 0.15) is 17.7 Å². The Labute approximate surface area is 211 Å². The van der Waals surface area contributed by atoms with Crippen LogP contribution in [0.2, 0.25) is 0 Å². The molecule has 1 atom stereocenters. The van der Waals surface area contributed by atoms with E-state index in [0.717, 1.165) is 11.8 Å². The molecule has 4 N–H and O–H groups in total. The topological polar surface area (TPSA) is 165 Å². The third-order valence-electron chi connectivity index (χ3n) is 5.16. The van der Waals surface area contributed by atoms with Gasteiger partial charge in [0.05, 0.1) is 24.3 Å². The summed E-state index contributed by atoms with van der Waals surface area (Å²) >= 11 is 1.44. The van der Waals surface area contributed by atoms with Crippen LogP contribution in [0.5, 0.6) is 0 Å². The van der Waals surface area contributed by atoms with Crippen molar-refractivity contribution >= 4 is 29.2 Å². The number of amides is 1. The predicted octanol–water partition coefficient (Wildman–Crippen LogP) is 1.83. The number of carboxylic acids is 2. The van der Waals surface area contributed by atoms with Crippen molar-refractivity contribution in [2.45, 2.75) is 32.0 Å². The van der Waals surface area contributed by atoms with Crippen LogP contribution in [0.3, 0.4) is 0 Å². The van der Waals surface area contributed by atoms with E-state index in [2.05, 4.69) is 15.3 Å². The fraction of sp³-hybridized carbons (Fsp3) is 0.273. The molecule has 2 aromatic heterocycles. The van der Waals surface area contributed by atoms with Gasteiger partial charge >= 0.3 is 11.9 Å². The van der Waals surface area contributed by atoms with Crippen LogP contribution >= 0.6 is 11.3 Å². The van der Waals surface area contributed by atoms with E-state index in [1.54, 1.807) is 15.1 Å². The lowest BCUT2D eigenvalue weighted by atomic mass is 10.0. The normalized spacial score (nSPS) is 13.6. The van der Waals surface area contributed by atoms with Crippen molar-refractivity contribution in [3.63, 3.8) is 0 Å². The number of rotatable bonds is 7. The molecule has 0 unspecified atom stereocenters. The van der Waals surface area contributed by atoms with Gasteiger partial charge in [0.2, 0.25) is 5.91 Å². The molecule has 37 heavy (non-hydrogen) atoms. The number of aliphatic carboxylic acids is 2. The van der Waals surface area contributed by atoms with Gasteiger partial charge in [-0.15, -0.1) is 16.4 Å². The summed E-state index contributed by atoms with van der Waals surface area (Å²) in [7, 11) is 0. The van der Waals surface area contributed by atoms with E-state index >= 15 is 0 Å². The van der Waals surface area contributed by atoms with Gasteiger partial charge in [-0.05, 0) is 18.1 Å². The number of carboxylic acid groups (broad SMARTS) is 2. The fourth-order valence-corrected chi connectivity index (χ4v) is 3.99. The molecule has 15 heteroatoms. The Morgan fingerprint density at radius 1 is 1.08 bits per heavy atom. The molecular formula is C22H21F3N6O5S. The van der Waals surface area contributed by atoms with Gasteiger partial charge in [-0.3, -0.25) is 4.79 Å². The predicted molar refractivity (Wildman–Crippen MR) is 124 cm³/mol. The second kappa shape index (κ2) is 12.2. The summed E-state index contributed by atoms with van der Waals surface area (Å²) in [5, 5.41) is 25.8. The average molecular weight is 539 g/mol. The van der Waals surface area contributed by atoms with E-state index in [0.29, 0.717) is 49.2 Å². The molecule has 4 rings (SSSR count). The zero-order valence-corrected chi connectivity index (χ0v) is 19.9. The van der Waals surface area contributed by atoms with Gasteiger partial charge in [0.25, 0.3) is 0 Å². The van der Waals surface area contributed by atoms with Crippen LogP contribution < -0.4 is 5.73 Å². The summed E-state index contributed by atoms with van der Waals surface area (Å²) in [6.45, 7) is 1.24. The van der Waals surface area contributed by atoms with Crippen molar-refractivity contribution in [1.29, 1.82) is 0 Å². The first kappa shape index (κ1) is 27.5. The Balaban J connectivity index is 0.000000414. The number of hydrogen-bond donors (Lipinski definition) is 3. The third-order valence-corrected chi connectivity index (χ3v) is 5.75. The smallest absolute Gasteiger partial charge is 0.328 e. The van der Waals surface area contributed by atoms with Crippen LogP contribution in [0, 0.1) is 17.5 Å². The van der Waals surface area contributed by atoms with Gasteiger partial charge < -0.3 is 20.8 Å². The number of fused-ring (bicyclic) bond motifs is 1. The summed E-state index contributed by atoms with van der Waals surface area (Å²) in [4.78, 5) is 37.7. The summed E-state index contributed by atoms with van der Waals surface area (Å²) in [6.07, 6.45) is 0.989. The van der Waals surface area contributed by atoms with E-state index < -0.39 is 35.4 Å². The molecule has 0 saturated heterocycles. The number of carbonyl (C=O) groups is 3. The molecule has 0 fully saturated rings. The average Bonchev–Trinajstić information content (AvgIpc) is 3.51. The lowest BCUT2D eigenvalue weighted by Crippen LogP contribution is -2.41. The van der Waals surface area contributed by atoms with Gasteiger partial charge in [-0.1, -0.05) is 5.21 Å². The number of carbonyl (C=O) groups excluding carboxylic acids is 1. The Morgan fingerprint density at radius 2 is 1.76 bits per heavy atom. The van der Waals surface area contributed by atoms with E-state index in [4.69, 9.17) is 15.9 Å². The molecule has 11 nitrogen and oxygen atoms in total. The van der Waals surface area contributed by atoms with Crippen LogP contribution in [-0.2, 0) is 33.9 Å². The Morgan fingerprint density at radius 3 is 2.38 bits per heavy atom. The van der Waals surface area contributed by atoms with E-state index in [-0.39, 0.29) is 24.3 Å². The maximum atomic E-state index is 13.8. The quantitative estimate of drug-likeness (QED) is 0.301. The maximum absolute atomic E-state index is 13.8. The maximum Gasteiger partial charge on any atom is 0.328 e. The highest BCUT2D eigenvalue weighted by Gasteiger charge is 2.27. The molecular weight excluding hydrogens is 517 g/mol. The first-order chi connectivity index (χ1) is 17.5. The minimum absolute atomic E-state index is 0.0496. The minimum atomic E-state index is -1.26. The molecule has 3 heterocycles. The fourth-order valence-electron chi connectivity index (χ4n) is 3.46. The molecule has 0 spiro atoms. The number of halogens is 3. The Hall–Kier alpha value is -4.11. The van der Waals surface area contributed by atoms with Gasteiger partial charge in [0.15, 0.2) is 11.6 Å². The highest BCUT2D eigenvalue weighted by Crippen LogP contribution is 2.25. The SMILES string of the molecule is N[C@@H](CC(=O)N1CCn2nnc(-c3cscn3)c2C1)Cc1cc(F)c(F)cc1F.O=C(O)/C=C/C(=O)O. The zero-order valence-electron chi connectivity index (χ0n) is 19.1. The number of nitrogens with two attached hydrogens (primary N) is 1. The monoisotopic (exact) mass is 538 g/mol. The van der Waals surface area contributed by atoms with Gasteiger partial charge in [-0.2, -0.15) is 0 Å². The van der Waals surface area contributed by atoms with Crippen molar-refractivity contribution in [3.8, 4) is 11.4 Å². The molecule has 1 aliphatic heterocycles. The molecule has 1 amide bonds. The molecule has 3 aromatic rings. The number of thiazole rings is 1. The van der Waals surface area contributed by atoms with Crippen LogP contribution in [0.25, 0.3) is 11.4 Å². The van der Waals surface area contributed by atoms with Gasteiger partial charge in [0.1, 0.15) is 17.2 Å². The highest BCUT2D eigenvalue weighted by molar-refractivity contribution is 7.07. The summed E-state index contributed by atoms with van der Waals surface area (Å²) in [6, 6.07) is 0.531.